The van der Waals surface area contributed by atoms with Crippen LogP contribution in [0, 0.1) is 5.92 Å². The summed E-state index contributed by atoms with van der Waals surface area (Å²) in [5.41, 5.74) is 1.92. The maximum Gasteiger partial charge on any atom is 0.227 e. The topological polar surface area (TPSA) is 41.1 Å². The van der Waals surface area contributed by atoms with Gasteiger partial charge in [0, 0.05) is 26.6 Å². The Hall–Kier alpha value is -1.33. The Kier molecular flexibility index (Phi) is 4.08. The molecule has 0 spiro atoms. The lowest BCUT2D eigenvalue weighted by Crippen LogP contribution is -2.13. The van der Waals surface area contributed by atoms with Crippen molar-refractivity contribution in [2.24, 2.45) is 5.92 Å². The number of halogens is 1. The molecule has 3 rings (SSSR count). The Morgan fingerprint density at radius 3 is 2.50 bits per heavy atom. The molecular formula is C15H15BrN2OS. The van der Waals surface area contributed by atoms with Crippen molar-refractivity contribution in [1.82, 2.24) is 0 Å². The van der Waals surface area contributed by atoms with Gasteiger partial charge in [-0.05, 0) is 64.5 Å². The SMILES string of the molecule is O=C(Nc1ccc(NCc2sccc2Br)cc1)C1CC1. The predicted octanol–water partition coefficient (Wildman–Crippen LogP) is 4.47. The number of benzene rings is 1. The minimum Gasteiger partial charge on any atom is -0.380 e. The van der Waals surface area contributed by atoms with E-state index in [4.69, 9.17) is 0 Å². The van der Waals surface area contributed by atoms with Crippen LogP contribution in [-0.4, -0.2) is 5.91 Å². The van der Waals surface area contributed by atoms with Gasteiger partial charge < -0.3 is 10.6 Å². The van der Waals surface area contributed by atoms with E-state index in [9.17, 15) is 4.79 Å². The van der Waals surface area contributed by atoms with Crippen LogP contribution in [0.1, 0.15) is 17.7 Å². The zero-order valence-electron chi connectivity index (χ0n) is 10.9. The number of amides is 1. The zero-order chi connectivity index (χ0) is 13.9. The summed E-state index contributed by atoms with van der Waals surface area (Å²) in [6.45, 7) is 0.798. The molecule has 1 aliphatic carbocycles. The van der Waals surface area contributed by atoms with Gasteiger partial charge in [0.15, 0.2) is 0 Å². The van der Waals surface area contributed by atoms with E-state index < -0.39 is 0 Å². The van der Waals surface area contributed by atoms with Gasteiger partial charge >= 0.3 is 0 Å². The first kappa shape index (κ1) is 13.6. The fourth-order valence-corrected chi connectivity index (χ4v) is 3.33. The number of hydrogen-bond donors (Lipinski definition) is 2. The zero-order valence-corrected chi connectivity index (χ0v) is 13.3. The van der Waals surface area contributed by atoms with Crippen LogP contribution in [0.15, 0.2) is 40.2 Å². The average molecular weight is 351 g/mol. The summed E-state index contributed by atoms with van der Waals surface area (Å²) in [7, 11) is 0. The third-order valence-corrected chi connectivity index (χ3v) is 5.17. The Morgan fingerprint density at radius 1 is 1.20 bits per heavy atom. The van der Waals surface area contributed by atoms with Crippen LogP contribution in [0.5, 0.6) is 0 Å². The fraction of sp³-hybridized carbons (Fsp3) is 0.267. The number of carbonyl (C=O) groups is 1. The van der Waals surface area contributed by atoms with Gasteiger partial charge in [-0.3, -0.25) is 4.79 Å². The van der Waals surface area contributed by atoms with Crippen molar-refractivity contribution >= 4 is 44.5 Å². The molecule has 2 N–H and O–H groups in total. The van der Waals surface area contributed by atoms with Crippen LogP contribution in [0.25, 0.3) is 0 Å². The molecule has 0 bridgehead atoms. The Morgan fingerprint density at radius 2 is 1.90 bits per heavy atom. The average Bonchev–Trinajstić information content (AvgIpc) is 3.22. The van der Waals surface area contributed by atoms with Gasteiger partial charge in [0.25, 0.3) is 0 Å². The molecule has 3 nitrogen and oxygen atoms in total. The van der Waals surface area contributed by atoms with Crippen LogP contribution in [0.4, 0.5) is 11.4 Å². The minimum atomic E-state index is 0.147. The van der Waals surface area contributed by atoms with Gasteiger partial charge in [-0.2, -0.15) is 0 Å². The highest BCUT2D eigenvalue weighted by atomic mass is 79.9. The molecule has 1 aromatic carbocycles. The maximum absolute atomic E-state index is 11.6. The summed E-state index contributed by atoms with van der Waals surface area (Å²) in [5.74, 6) is 0.386. The lowest BCUT2D eigenvalue weighted by molar-refractivity contribution is -0.117. The number of rotatable bonds is 5. The molecule has 20 heavy (non-hydrogen) atoms. The van der Waals surface area contributed by atoms with Crippen molar-refractivity contribution in [2.75, 3.05) is 10.6 Å². The summed E-state index contributed by atoms with van der Waals surface area (Å²) in [5, 5.41) is 8.38. The Balaban J connectivity index is 1.55. The number of anilines is 2. The third kappa shape index (κ3) is 3.41. The van der Waals surface area contributed by atoms with Crippen LogP contribution < -0.4 is 10.6 Å². The molecule has 0 radical (unpaired) electrons. The smallest absolute Gasteiger partial charge is 0.227 e. The van der Waals surface area contributed by atoms with Gasteiger partial charge in [0.2, 0.25) is 5.91 Å². The second-order valence-corrected chi connectivity index (χ2v) is 6.74. The molecule has 0 unspecified atom stereocenters. The largest absolute Gasteiger partial charge is 0.380 e. The Bertz CT molecular complexity index is 605. The summed E-state index contributed by atoms with van der Waals surface area (Å²) >= 11 is 5.25. The van der Waals surface area contributed by atoms with E-state index >= 15 is 0 Å². The van der Waals surface area contributed by atoms with Gasteiger partial charge in [0.1, 0.15) is 0 Å². The Labute approximate surface area is 130 Å². The third-order valence-electron chi connectivity index (χ3n) is 3.24. The van der Waals surface area contributed by atoms with Crippen molar-refractivity contribution in [3.05, 3.63) is 45.1 Å². The standard InChI is InChI=1S/C15H15BrN2OS/c16-13-7-8-20-14(13)9-17-11-3-5-12(6-4-11)18-15(19)10-1-2-10/h3-8,10,17H,1-2,9H2,(H,18,19). The highest BCUT2D eigenvalue weighted by Crippen LogP contribution is 2.30. The highest BCUT2D eigenvalue weighted by Gasteiger charge is 2.29. The van der Waals surface area contributed by atoms with Gasteiger partial charge in [-0.15, -0.1) is 11.3 Å². The maximum atomic E-state index is 11.6. The van der Waals surface area contributed by atoms with Crippen molar-refractivity contribution in [2.45, 2.75) is 19.4 Å². The van der Waals surface area contributed by atoms with Crippen LogP contribution >= 0.6 is 27.3 Å². The van der Waals surface area contributed by atoms with Crippen LogP contribution in [-0.2, 0) is 11.3 Å². The van der Waals surface area contributed by atoms with Gasteiger partial charge in [-0.25, -0.2) is 0 Å². The van der Waals surface area contributed by atoms with Gasteiger partial charge in [0.05, 0.1) is 6.54 Å². The molecule has 1 amide bonds. The molecule has 0 atom stereocenters. The molecule has 2 aromatic rings. The van der Waals surface area contributed by atoms with Crippen molar-refractivity contribution < 1.29 is 4.79 Å². The van der Waals surface area contributed by atoms with E-state index in [0.29, 0.717) is 0 Å². The van der Waals surface area contributed by atoms with Crippen LogP contribution in [0.2, 0.25) is 0 Å². The first-order valence-corrected chi connectivity index (χ1v) is 8.26. The van der Waals surface area contributed by atoms with E-state index in [1.165, 1.54) is 4.88 Å². The highest BCUT2D eigenvalue weighted by molar-refractivity contribution is 9.10. The summed E-state index contributed by atoms with van der Waals surface area (Å²) in [6, 6.07) is 9.91. The van der Waals surface area contributed by atoms with E-state index in [2.05, 4.69) is 38.0 Å². The van der Waals surface area contributed by atoms with Crippen LogP contribution in [0.3, 0.4) is 0 Å². The lowest BCUT2D eigenvalue weighted by atomic mass is 10.2. The number of carbonyl (C=O) groups excluding carboxylic acids is 1. The molecule has 1 heterocycles. The molecule has 5 heteroatoms. The van der Waals surface area contributed by atoms with E-state index in [-0.39, 0.29) is 11.8 Å². The van der Waals surface area contributed by atoms with Crippen molar-refractivity contribution in [3.63, 3.8) is 0 Å². The molecule has 0 aliphatic heterocycles. The van der Waals surface area contributed by atoms with Gasteiger partial charge in [-0.1, -0.05) is 0 Å². The molecule has 0 saturated heterocycles. The summed E-state index contributed by atoms with van der Waals surface area (Å²) in [4.78, 5) is 12.9. The van der Waals surface area contributed by atoms with E-state index in [1.54, 1.807) is 11.3 Å². The number of hydrogen-bond acceptors (Lipinski definition) is 3. The minimum absolute atomic E-state index is 0.147. The molecule has 104 valence electrons. The summed E-state index contributed by atoms with van der Waals surface area (Å²) in [6.07, 6.45) is 2.06. The lowest BCUT2D eigenvalue weighted by Gasteiger charge is -2.08. The second-order valence-electron chi connectivity index (χ2n) is 4.89. The van der Waals surface area contributed by atoms with Crippen molar-refractivity contribution in [3.8, 4) is 0 Å². The monoisotopic (exact) mass is 350 g/mol. The quantitative estimate of drug-likeness (QED) is 0.834. The predicted molar refractivity (Wildman–Crippen MR) is 87.1 cm³/mol. The molecule has 1 fully saturated rings. The second kappa shape index (κ2) is 5.97. The van der Waals surface area contributed by atoms with E-state index in [1.807, 2.05) is 24.3 Å². The number of nitrogens with one attached hydrogen (secondary N) is 2. The first-order valence-electron chi connectivity index (χ1n) is 6.59. The van der Waals surface area contributed by atoms with E-state index in [0.717, 1.165) is 35.2 Å². The molecule has 1 saturated carbocycles. The fourth-order valence-electron chi connectivity index (χ4n) is 1.89. The molecule has 1 aromatic heterocycles. The van der Waals surface area contributed by atoms with Crippen molar-refractivity contribution in [1.29, 1.82) is 0 Å². The first-order chi connectivity index (χ1) is 9.72. The number of thiophene rings is 1. The molecular weight excluding hydrogens is 336 g/mol. The summed E-state index contributed by atoms with van der Waals surface area (Å²) < 4.78 is 1.14. The normalized spacial score (nSPS) is 14.1. The molecule has 1 aliphatic rings.